The number of imidazole rings is 1. The van der Waals surface area contributed by atoms with Gasteiger partial charge in [-0.05, 0) is 31.1 Å². The largest absolute Gasteiger partial charge is 0.394 e. The molecule has 0 aromatic carbocycles. The van der Waals surface area contributed by atoms with Crippen molar-refractivity contribution in [1.82, 2.24) is 19.5 Å². The molecule has 0 spiro atoms. The fourth-order valence-electron chi connectivity index (χ4n) is 4.88. The molecular formula is C17H22IN5O4. The highest BCUT2D eigenvalue weighted by Crippen LogP contribution is 2.45. The smallest absolute Gasteiger partial charge is 0.194 e. The summed E-state index contributed by atoms with van der Waals surface area (Å²) < 4.78 is 7.81. The van der Waals surface area contributed by atoms with E-state index in [1.165, 1.54) is 25.7 Å². The fourth-order valence-corrected chi connectivity index (χ4v) is 5.35. The van der Waals surface area contributed by atoms with Crippen molar-refractivity contribution in [3.63, 3.8) is 0 Å². The van der Waals surface area contributed by atoms with Gasteiger partial charge in [0.2, 0.25) is 0 Å². The van der Waals surface area contributed by atoms with Gasteiger partial charge in [0.05, 0.1) is 12.9 Å². The van der Waals surface area contributed by atoms with Gasteiger partial charge in [0, 0.05) is 28.6 Å². The molecule has 3 aliphatic rings. The molecule has 146 valence electrons. The SMILES string of the molecule is OC[C@H]1O[C@@H](n2cnc3c(N[C@@H]4C[C@@H]5CC[C@H]4C5)nc(I)nc32)[C@H](O)[C@@H]1O. The van der Waals surface area contributed by atoms with Crippen LogP contribution >= 0.6 is 22.6 Å². The third-order valence-corrected chi connectivity index (χ3v) is 6.73. The molecule has 2 saturated carbocycles. The molecule has 3 fully saturated rings. The van der Waals surface area contributed by atoms with Gasteiger partial charge < -0.3 is 25.4 Å². The summed E-state index contributed by atoms with van der Waals surface area (Å²) in [6, 6.07) is 0.414. The Labute approximate surface area is 169 Å². The summed E-state index contributed by atoms with van der Waals surface area (Å²) in [4.78, 5) is 13.5. The Morgan fingerprint density at radius 3 is 2.74 bits per heavy atom. The zero-order valence-corrected chi connectivity index (χ0v) is 16.7. The van der Waals surface area contributed by atoms with E-state index in [0.717, 1.165) is 5.92 Å². The molecule has 2 aromatic rings. The molecule has 27 heavy (non-hydrogen) atoms. The summed E-state index contributed by atoms with van der Waals surface area (Å²) in [5, 5.41) is 33.3. The van der Waals surface area contributed by atoms with Crippen molar-refractivity contribution in [2.24, 2.45) is 11.8 Å². The van der Waals surface area contributed by atoms with Crippen molar-refractivity contribution < 1.29 is 20.1 Å². The predicted octanol–water partition coefficient (Wildman–Crippen LogP) is 0.643. The van der Waals surface area contributed by atoms with E-state index in [9.17, 15) is 15.3 Å². The molecule has 1 aliphatic heterocycles. The van der Waals surface area contributed by atoms with E-state index in [1.807, 2.05) is 0 Å². The second-order valence-electron chi connectivity index (χ2n) is 7.82. The number of hydrogen-bond acceptors (Lipinski definition) is 8. The van der Waals surface area contributed by atoms with Crippen LogP contribution in [-0.2, 0) is 4.74 Å². The average Bonchev–Trinajstić information content (AvgIpc) is 3.41. The van der Waals surface area contributed by atoms with E-state index >= 15 is 0 Å². The number of aliphatic hydroxyl groups excluding tert-OH is 3. The van der Waals surface area contributed by atoms with Crippen LogP contribution < -0.4 is 5.32 Å². The van der Waals surface area contributed by atoms with Crippen LogP contribution in [0.25, 0.3) is 11.2 Å². The van der Waals surface area contributed by atoms with Gasteiger partial charge in [0.25, 0.3) is 0 Å². The first-order valence-electron chi connectivity index (χ1n) is 9.34. The van der Waals surface area contributed by atoms with Crippen LogP contribution in [0.1, 0.15) is 31.9 Å². The number of anilines is 1. The summed E-state index contributed by atoms with van der Waals surface area (Å²) in [6.07, 6.45) is 2.58. The fraction of sp³-hybridized carbons (Fsp3) is 0.706. The molecule has 2 aromatic heterocycles. The second-order valence-corrected chi connectivity index (χ2v) is 8.78. The minimum atomic E-state index is -1.17. The lowest BCUT2D eigenvalue weighted by atomic mass is 9.95. The molecule has 10 heteroatoms. The molecule has 0 radical (unpaired) electrons. The van der Waals surface area contributed by atoms with E-state index in [0.29, 0.717) is 32.8 Å². The third kappa shape index (κ3) is 2.92. The van der Waals surface area contributed by atoms with Crippen LogP contribution in [-0.4, -0.2) is 65.8 Å². The topological polar surface area (TPSA) is 126 Å². The summed E-state index contributed by atoms with van der Waals surface area (Å²) in [7, 11) is 0. The van der Waals surface area contributed by atoms with Crippen LogP contribution in [0.3, 0.4) is 0 Å². The third-order valence-electron chi connectivity index (χ3n) is 6.25. The zero-order valence-electron chi connectivity index (χ0n) is 14.6. The van der Waals surface area contributed by atoms with Crippen molar-refractivity contribution in [3.05, 3.63) is 10.2 Å². The van der Waals surface area contributed by atoms with Gasteiger partial charge in [-0.25, -0.2) is 15.0 Å². The molecule has 5 rings (SSSR count). The van der Waals surface area contributed by atoms with Crippen molar-refractivity contribution in [2.45, 2.75) is 56.3 Å². The maximum Gasteiger partial charge on any atom is 0.194 e. The first-order valence-corrected chi connectivity index (χ1v) is 10.4. The molecule has 4 N–H and O–H groups in total. The maximum absolute atomic E-state index is 10.3. The van der Waals surface area contributed by atoms with Crippen molar-refractivity contribution >= 4 is 39.6 Å². The normalized spacial score (nSPS) is 38.1. The van der Waals surface area contributed by atoms with Gasteiger partial charge in [0.15, 0.2) is 27.0 Å². The first kappa shape index (κ1) is 18.0. The highest BCUT2D eigenvalue weighted by atomic mass is 127. The Kier molecular flexibility index (Phi) is 4.50. The molecule has 3 heterocycles. The Bertz CT molecular complexity index is 863. The number of rotatable bonds is 4. The number of fused-ring (bicyclic) bond motifs is 3. The van der Waals surface area contributed by atoms with E-state index < -0.39 is 24.5 Å². The Hall–Kier alpha value is -1.08. The lowest BCUT2D eigenvalue weighted by Gasteiger charge is -2.23. The van der Waals surface area contributed by atoms with Gasteiger partial charge in [0.1, 0.15) is 18.3 Å². The summed E-state index contributed by atoms with van der Waals surface area (Å²) in [5.41, 5.74) is 1.16. The number of nitrogens with one attached hydrogen (secondary N) is 1. The highest BCUT2D eigenvalue weighted by Gasteiger charge is 2.44. The Balaban J connectivity index is 1.48. The number of ether oxygens (including phenoxy) is 1. The van der Waals surface area contributed by atoms with Crippen molar-refractivity contribution in [1.29, 1.82) is 0 Å². The van der Waals surface area contributed by atoms with Gasteiger partial charge in [-0.3, -0.25) is 4.57 Å². The van der Waals surface area contributed by atoms with Gasteiger partial charge in [-0.2, -0.15) is 0 Å². The zero-order chi connectivity index (χ0) is 18.7. The van der Waals surface area contributed by atoms with Crippen LogP contribution in [0, 0.1) is 15.7 Å². The number of aliphatic hydroxyl groups is 3. The number of aromatic nitrogens is 4. The summed E-state index contributed by atoms with van der Waals surface area (Å²) in [5.74, 6) is 2.22. The molecule has 0 amide bonds. The maximum atomic E-state index is 10.3. The van der Waals surface area contributed by atoms with Crippen molar-refractivity contribution in [3.8, 4) is 0 Å². The molecular weight excluding hydrogens is 465 g/mol. The first-order chi connectivity index (χ1) is 13.0. The average molecular weight is 487 g/mol. The van der Waals surface area contributed by atoms with Crippen LogP contribution in [0.4, 0.5) is 5.82 Å². The quantitative estimate of drug-likeness (QED) is 0.366. The van der Waals surface area contributed by atoms with E-state index in [4.69, 9.17) is 4.74 Å². The predicted molar refractivity (Wildman–Crippen MR) is 104 cm³/mol. The lowest BCUT2D eigenvalue weighted by Crippen LogP contribution is -2.33. The minimum Gasteiger partial charge on any atom is -0.394 e. The van der Waals surface area contributed by atoms with Gasteiger partial charge in [-0.1, -0.05) is 6.42 Å². The van der Waals surface area contributed by atoms with Gasteiger partial charge >= 0.3 is 0 Å². The van der Waals surface area contributed by atoms with Crippen LogP contribution in [0.15, 0.2) is 6.33 Å². The highest BCUT2D eigenvalue weighted by molar-refractivity contribution is 14.1. The molecule has 1 saturated heterocycles. The molecule has 2 aliphatic carbocycles. The number of nitrogens with zero attached hydrogens (tertiary/aromatic N) is 4. The molecule has 9 nitrogen and oxygen atoms in total. The molecule has 0 unspecified atom stereocenters. The molecule has 2 bridgehead atoms. The standard InChI is InChI=1S/C17H22IN5O4/c18-17-21-14(20-9-4-7-1-2-8(9)3-7)11-15(22-17)23(6-19-11)16-13(26)12(25)10(5-24)27-16/h6-10,12-13,16,24-26H,1-5H2,(H,20,21,22)/t7-,8+,9-,10-,12-,13-,16-/m1/s1. The lowest BCUT2D eigenvalue weighted by molar-refractivity contribution is -0.0511. The summed E-state index contributed by atoms with van der Waals surface area (Å²) in [6.45, 7) is -0.370. The number of halogens is 1. The monoisotopic (exact) mass is 487 g/mol. The summed E-state index contributed by atoms with van der Waals surface area (Å²) >= 11 is 2.07. The van der Waals surface area contributed by atoms with Gasteiger partial charge in [-0.15, -0.1) is 0 Å². The van der Waals surface area contributed by atoms with E-state index in [2.05, 4.69) is 42.9 Å². The van der Waals surface area contributed by atoms with Crippen LogP contribution in [0.2, 0.25) is 0 Å². The Morgan fingerprint density at radius 1 is 1.22 bits per heavy atom. The number of hydrogen-bond donors (Lipinski definition) is 4. The van der Waals surface area contributed by atoms with E-state index in [1.54, 1.807) is 10.9 Å². The second kappa shape index (κ2) is 6.76. The van der Waals surface area contributed by atoms with E-state index in [-0.39, 0.29) is 6.61 Å². The van der Waals surface area contributed by atoms with Crippen molar-refractivity contribution in [2.75, 3.05) is 11.9 Å². The minimum absolute atomic E-state index is 0.370. The van der Waals surface area contributed by atoms with Crippen LogP contribution in [0.5, 0.6) is 0 Å². The Morgan fingerprint density at radius 2 is 2.07 bits per heavy atom. The molecule has 7 atom stereocenters.